The van der Waals surface area contributed by atoms with Gasteiger partial charge in [-0.05, 0) is 74.4 Å². The molecule has 0 spiro atoms. The fourth-order valence-electron chi connectivity index (χ4n) is 4.43. The van der Waals surface area contributed by atoms with E-state index in [2.05, 4.69) is 62.1 Å². The van der Waals surface area contributed by atoms with E-state index in [9.17, 15) is 4.79 Å². The first-order valence-corrected chi connectivity index (χ1v) is 12.1. The third-order valence-corrected chi connectivity index (χ3v) is 6.92. The number of amides is 1. The van der Waals surface area contributed by atoms with Crippen molar-refractivity contribution < 1.29 is 4.79 Å². The van der Waals surface area contributed by atoms with Gasteiger partial charge >= 0.3 is 0 Å². The van der Waals surface area contributed by atoms with Crippen molar-refractivity contribution in [3.63, 3.8) is 0 Å². The molecule has 32 heavy (non-hydrogen) atoms. The lowest BCUT2D eigenvalue weighted by Gasteiger charge is -2.30. The molecule has 2 aromatic carbocycles. The van der Waals surface area contributed by atoms with Crippen LogP contribution in [0.15, 0.2) is 53.7 Å². The number of nitrogens with zero attached hydrogens (tertiary/aromatic N) is 4. The molecule has 0 bridgehead atoms. The lowest BCUT2D eigenvalue weighted by molar-refractivity contribution is -0.113. The van der Waals surface area contributed by atoms with Gasteiger partial charge < -0.3 is 10.2 Å². The summed E-state index contributed by atoms with van der Waals surface area (Å²) in [6.07, 6.45) is 3.68. The molecular weight excluding hydrogens is 418 g/mol. The number of aryl methyl sites for hydroxylation is 2. The van der Waals surface area contributed by atoms with Crippen LogP contribution >= 0.6 is 11.8 Å². The van der Waals surface area contributed by atoms with Crippen molar-refractivity contribution in [2.75, 3.05) is 29.1 Å². The van der Waals surface area contributed by atoms with Gasteiger partial charge in [-0.2, -0.15) is 0 Å². The van der Waals surface area contributed by atoms with E-state index in [0.717, 1.165) is 51.7 Å². The average Bonchev–Trinajstić information content (AvgIpc) is 3.23. The Hall–Kier alpha value is -3.06. The van der Waals surface area contributed by atoms with Crippen molar-refractivity contribution in [3.05, 3.63) is 59.7 Å². The molecule has 2 aromatic heterocycles. The molecule has 0 atom stereocenters. The predicted octanol–water partition coefficient (Wildman–Crippen LogP) is 5.22. The van der Waals surface area contributed by atoms with Crippen LogP contribution in [-0.4, -0.2) is 39.3 Å². The zero-order chi connectivity index (χ0) is 22.1. The lowest BCUT2D eigenvalue weighted by atomic mass is 10.1. The Balaban J connectivity index is 1.36. The second-order valence-electron chi connectivity index (χ2n) is 8.43. The summed E-state index contributed by atoms with van der Waals surface area (Å²) in [7, 11) is 0. The minimum absolute atomic E-state index is 0.0380. The van der Waals surface area contributed by atoms with Crippen molar-refractivity contribution in [1.82, 2.24) is 14.6 Å². The summed E-state index contributed by atoms with van der Waals surface area (Å²) in [6.45, 7) is 6.22. The maximum atomic E-state index is 12.8. The highest BCUT2D eigenvalue weighted by molar-refractivity contribution is 7.99. The minimum atomic E-state index is -0.0380. The van der Waals surface area contributed by atoms with Gasteiger partial charge in [-0.15, -0.1) is 10.2 Å². The molecule has 1 N–H and O–H groups in total. The smallest absolute Gasteiger partial charge is 0.234 e. The summed E-state index contributed by atoms with van der Waals surface area (Å²) in [6, 6.07) is 16.6. The Kier molecular flexibility index (Phi) is 5.74. The van der Waals surface area contributed by atoms with Crippen molar-refractivity contribution in [2.24, 2.45) is 0 Å². The van der Waals surface area contributed by atoms with E-state index >= 15 is 0 Å². The Bertz CT molecular complexity index is 1290. The standard InChI is InChI=1S/C25H27N5OS/c1-17-10-11-21-19(14-17)15-18(2)24-27-28-25(30(21)24)32-16-23(31)26-20-8-4-5-9-22(20)29-12-6-3-7-13-29/h4-5,8-11,14-15H,3,6-7,12-13,16H2,1-2H3,(H,26,31). The first kappa shape index (κ1) is 20.8. The summed E-state index contributed by atoms with van der Waals surface area (Å²) < 4.78 is 2.06. The first-order chi connectivity index (χ1) is 15.6. The second-order valence-corrected chi connectivity index (χ2v) is 9.38. The van der Waals surface area contributed by atoms with Crippen LogP contribution < -0.4 is 10.2 Å². The fraction of sp³-hybridized carbons (Fsp3) is 0.320. The van der Waals surface area contributed by atoms with Crippen LogP contribution in [0.2, 0.25) is 0 Å². The molecule has 0 saturated carbocycles. The summed E-state index contributed by atoms with van der Waals surface area (Å²) in [5.74, 6) is 0.236. The summed E-state index contributed by atoms with van der Waals surface area (Å²) in [5.41, 5.74) is 6.16. The molecule has 0 unspecified atom stereocenters. The van der Waals surface area contributed by atoms with E-state index in [0.29, 0.717) is 0 Å². The number of para-hydroxylation sites is 2. The van der Waals surface area contributed by atoms with Crippen molar-refractivity contribution in [3.8, 4) is 0 Å². The maximum Gasteiger partial charge on any atom is 0.234 e. The maximum absolute atomic E-state index is 12.8. The molecule has 3 heterocycles. The minimum Gasteiger partial charge on any atom is -0.370 e. The zero-order valence-corrected chi connectivity index (χ0v) is 19.3. The van der Waals surface area contributed by atoms with Gasteiger partial charge in [0.25, 0.3) is 0 Å². The van der Waals surface area contributed by atoms with Crippen molar-refractivity contribution >= 4 is 45.6 Å². The molecule has 1 aliphatic heterocycles. The van der Waals surface area contributed by atoms with Crippen LogP contribution in [0.3, 0.4) is 0 Å². The van der Waals surface area contributed by atoms with E-state index < -0.39 is 0 Å². The number of hydrogen-bond donors (Lipinski definition) is 1. The van der Waals surface area contributed by atoms with Crippen molar-refractivity contribution in [1.29, 1.82) is 0 Å². The number of pyridine rings is 1. The van der Waals surface area contributed by atoms with E-state index in [1.165, 1.54) is 36.6 Å². The number of piperidine rings is 1. The largest absolute Gasteiger partial charge is 0.370 e. The number of fused-ring (bicyclic) bond motifs is 3. The summed E-state index contributed by atoms with van der Waals surface area (Å²) in [4.78, 5) is 15.2. The number of nitrogens with one attached hydrogen (secondary N) is 1. The Morgan fingerprint density at radius 2 is 1.84 bits per heavy atom. The first-order valence-electron chi connectivity index (χ1n) is 11.1. The van der Waals surface area contributed by atoms with Gasteiger partial charge in [0.05, 0.1) is 22.6 Å². The van der Waals surface area contributed by atoms with Gasteiger partial charge in [0.1, 0.15) is 0 Å². The SMILES string of the molecule is Cc1ccc2c(c1)cc(C)c1nnc(SCC(=O)Nc3ccccc3N3CCCCC3)n12. The quantitative estimate of drug-likeness (QED) is 0.427. The highest BCUT2D eigenvalue weighted by Gasteiger charge is 2.17. The van der Waals surface area contributed by atoms with E-state index in [-0.39, 0.29) is 11.7 Å². The molecule has 6 nitrogen and oxygen atoms in total. The van der Waals surface area contributed by atoms with E-state index in [4.69, 9.17) is 0 Å². The highest BCUT2D eigenvalue weighted by atomic mass is 32.2. The van der Waals surface area contributed by atoms with Gasteiger partial charge in [-0.3, -0.25) is 9.20 Å². The van der Waals surface area contributed by atoms with E-state index in [1.807, 2.05) is 25.1 Å². The lowest BCUT2D eigenvalue weighted by Crippen LogP contribution is -2.30. The normalized spacial score (nSPS) is 14.2. The zero-order valence-electron chi connectivity index (χ0n) is 18.5. The fourth-order valence-corrected chi connectivity index (χ4v) is 5.18. The summed E-state index contributed by atoms with van der Waals surface area (Å²) in [5, 5.41) is 13.8. The van der Waals surface area contributed by atoms with Gasteiger partial charge in [0, 0.05) is 13.1 Å². The number of aromatic nitrogens is 3. The van der Waals surface area contributed by atoms with Gasteiger partial charge in [0.15, 0.2) is 10.8 Å². The van der Waals surface area contributed by atoms with E-state index in [1.54, 1.807) is 0 Å². The number of thioether (sulfide) groups is 1. The van der Waals surface area contributed by atoms with Gasteiger partial charge in [-0.1, -0.05) is 35.5 Å². The molecule has 5 rings (SSSR count). The number of carbonyl (C=O) groups is 1. The van der Waals surface area contributed by atoms with Crippen LogP contribution in [-0.2, 0) is 4.79 Å². The number of benzene rings is 2. The monoisotopic (exact) mass is 445 g/mol. The molecule has 0 radical (unpaired) electrons. The Morgan fingerprint density at radius 1 is 1.03 bits per heavy atom. The van der Waals surface area contributed by atoms with Gasteiger partial charge in [-0.25, -0.2) is 0 Å². The Labute approximate surface area is 192 Å². The molecular formula is C25H27N5OS. The number of anilines is 2. The molecule has 1 saturated heterocycles. The average molecular weight is 446 g/mol. The van der Waals surface area contributed by atoms with Crippen LogP contribution in [0.4, 0.5) is 11.4 Å². The molecule has 1 aliphatic rings. The molecule has 7 heteroatoms. The number of hydrogen-bond acceptors (Lipinski definition) is 5. The highest BCUT2D eigenvalue weighted by Crippen LogP contribution is 2.29. The third-order valence-electron chi connectivity index (χ3n) is 5.99. The molecule has 164 valence electrons. The molecule has 1 amide bonds. The molecule has 0 aliphatic carbocycles. The summed E-state index contributed by atoms with van der Waals surface area (Å²) >= 11 is 1.42. The second kappa shape index (κ2) is 8.82. The Morgan fingerprint density at radius 3 is 2.69 bits per heavy atom. The van der Waals surface area contributed by atoms with Gasteiger partial charge in [0.2, 0.25) is 5.91 Å². The number of rotatable bonds is 5. The molecule has 4 aromatic rings. The van der Waals surface area contributed by atoms with Crippen LogP contribution in [0.25, 0.3) is 16.6 Å². The number of carbonyl (C=O) groups excluding carboxylic acids is 1. The topological polar surface area (TPSA) is 62.5 Å². The van der Waals surface area contributed by atoms with Crippen LogP contribution in [0.1, 0.15) is 30.4 Å². The van der Waals surface area contributed by atoms with Crippen LogP contribution in [0.5, 0.6) is 0 Å². The third kappa shape index (κ3) is 4.05. The van der Waals surface area contributed by atoms with Crippen LogP contribution in [0, 0.1) is 13.8 Å². The molecule has 1 fully saturated rings. The predicted molar refractivity (Wildman–Crippen MR) is 132 cm³/mol. The van der Waals surface area contributed by atoms with Crippen molar-refractivity contribution in [2.45, 2.75) is 38.3 Å².